The lowest BCUT2D eigenvalue weighted by Crippen LogP contribution is -2.41. The minimum Gasteiger partial charge on any atom is -0.494 e. The van der Waals surface area contributed by atoms with Crippen molar-refractivity contribution in [3.8, 4) is 5.75 Å². The van der Waals surface area contributed by atoms with Crippen LogP contribution < -0.4 is 20.7 Å². The highest BCUT2D eigenvalue weighted by Gasteiger charge is 2.24. The van der Waals surface area contributed by atoms with Crippen molar-refractivity contribution in [2.45, 2.75) is 38.8 Å². The van der Waals surface area contributed by atoms with Gasteiger partial charge in [-0.1, -0.05) is 47.7 Å². The molecular weight excluding hydrogens is 671 g/mol. The van der Waals surface area contributed by atoms with Gasteiger partial charge in [0.2, 0.25) is 11.8 Å². The van der Waals surface area contributed by atoms with Gasteiger partial charge in [-0.3, -0.25) is 14.6 Å². The molecule has 0 saturated carbocycles. The fourth-order valence-corrected chi connectivity index (χ4v) is 8.36. The molecule has 47 heavy (non-hydrogen) atoms. The number of hydrogen-bond donors (Lipinski definition) is 3. The first-order chi connectivity index (χ1) is 22.8. The zero-order valence-corrected chi connectivity index (χ0v) is 29.3. The molecule has 0 radical (unpaired) electrons. The Morgan fingerprint density at radius 2 is 2.00 bits per heavy atom. The number of nitrogens with zero attached hydrogens (tertiary/aromatic N) is 4. The van der Waals surface area contributed by atoms with Crippen LogP contribution in [0.3, 0.4) is 0 Å². The van der Waals surface area contributed by atoms with Gasteiger partial charge in [-0.15, -0.1) is 28.1 Å². The molecule has 14 heteroatoms. The van der Waals surface area contributed by atoms with Crippen LogP contribution in [-0.4, -0.2) is 69.3 Å². The maximum Gasteiger partial charge on any atom is 0.270 e. The van der Waals surface area contributed by atoms with Gasteiger partial charge in [-0.05, 0) is 55.8 Å². The van der Waals surface area contributed by atoms with E-state index in [2.05, 4.69) is 39.3 Å². The first kappa shape index (κ1) is 34.6. The molecule has 0 bridgehead atoms. The van der Waals surface area contributed by atoms with Crippen molar-refractivity contribution in [2.75, 3.05) is 35.7 Å². The molecule has 2 aromatic carbocycles. The summed E-state index contributed by atoms with van der Waals surface area (Å²) >= 11 is 3.20. The molecule has 1 aliphatic rings. The van der Waals surface area contributed by atoms with Crippen molar-refractivity contribution < 1.29 is 14.3 Å². The van der Waals surface area contributed by atoms with Gasteiger partial charge in [0.25, 0.3) is 5.82 Å². The molecule has 0 unspecified atom stereocenters. The normalized spacial score (nSPS) is 14.7. The lowest BCUT2D eigenvalue weighted by Gasteiger charge is -2.14. The van der Waals surface area contributed by atoms with Crippen LogP contribution in [0.1, 0.15) is 31.7 Å². The second-order valence-electron chi connectivity index (χ2n) is 10.5. The average Bonchev–Trinajstić information content (AvgIpc) is 3.74. The summed E-state index contributed by atoms with van der Waals surface area (Å²) in [7, 11) is 3.38. The van der Waals surface area contributed by atoms with Gasteiger partial charge < -0.3 is 25.5 Å². The Morgan fingerprint density at radius 3 is 2.83 bits per heavy atom. The Kier molecular flexibility index (Phi) is 12.4. The van der Waals surface area contributed by atoms with Crippen LogP contribution in [0.5, 0.6) is 5.75 Å². The van der Waals surface area contributed by atoms with Gasteiger partial charge in [0, 0.05) is 47.0 Å². The molecule has 2 aromatic heterocycles. The predicted octanol–water partition coefficient (Wildman–Crippen LogP) is 7.06. The number of thioether (sulfide) groups is 1. The molecule has 4 aromatic rings. The summed E-state index contributed by atoms with van der Waals surface area (Å²) in [6, 6.07) is 14.2. The van der Waals surface area contributed by atoms with Crippen molar-refractivity contribution >= 4 is 94.2 Å². The molecule has 0 spiro atoms. The molecule has 2 atom stereocenters. The molecule has 244 valence electrons. The molecule has 0 fully saturated rings. The molecule has 0 aliphatic carbocycles. The summed E-state index contributed by atoms with van der Waals surface area (Å²) in [6.45, 7) is 16.3. The number of anilines is 1. The quantitative estimate of drug-likeness (QED) is 0.0639. The number of thiazole rings is 1. The number of rotatable bonds is 16. The zero-order valence-electron chi connectivity index (χ0n) is 26.1. The van der Waals surface area contributed by atoms with Crippen molar-refractivity contribution in [2.24, 2.45) is 4.99 Å². The van der Waals surface area contributed by atoms with E-state index < -0.39 is 6.04 Å². The first-order valence-corrected chi connectivity index (χ1v) is 19.4. The van der Waals surface area contributed by atoms with Gasteiger partial charge >= 0.3 is 0 Å². The van der Waals surface area contributed by atoms with Crippen molar-refractivity contribution in [1.82, 2.24) is 20.6 Å². The minimum atomic E-state index is -0.641. The van der Waals surface area contributed by atoms with E-state index in [-0.39, 0.29) is 17.9 Å². The highest BCUT2D eigenvalue weighted by molar-refractivity contribution is 8.76. The van der Waals surface area contributed by atoms with Crippen LogP contribution in [0.2, 0.25) is 0 Å². The third-order valence-corrected chi connectivity index (χ3v) is 11.7. The van der Waals surface area contributed by atoms with Crippen LogP contribution in [0.4, 0.5) is 11.5 Å². The fourth-order valence-electron chi connectivity index (χ4n) is 4.54. The number of pyridine rings is 1. The van der Waals surface area contributed by atoms with E-state index >= 15 is 0 Å². The van der Waals surface area contributed by atoms with E-state index in [1.165, 1.54) is 11.3 Å². The average molecular weight is 706 g/mol. The summed E-state index contributed by atoms with van der Waals surface area (Å²) in [6.07, 6.45) is 1.17. The molecule has 1 aliphatic heterocycles. The largest absolute Gasteiger partial charge is 0.494 e. The molecule has 3 heterocycles. The highest BCUT2D eigenvalue weighted by Crippen LogP contribution is 2.32. The number of fused-ring (bicyclic) bond motifs is 2. The fraction of sp³-hybridized carbons (Fsp3) is 0.333. The molecule has 5 rings (SSSR count). The molecule has 2 amide bonds. The van der Waals surface area contributed by atoms with E-state index in [1.54, 1.807) is 46.3 Å². The van der Waals surface area contributed by atoms with E-state index in [4.69, 9.17) is 21.3 Å². The number of amides is 2. The summed E-state index contributed by atoms with van der Waals surface area (Å²) in [5.74, 6) is 3.25. The predicted molar refractivity (Wildman–Crippen MR) is 199 cm³/mol. The Hall–Kier alpha value is -3.77. The Labute approximate surface area is 290 Å². The van der Waals surface area contributed by atoms with Crippen LogP contribution >= 0.6 is 44.7 Å². The number of benzene rings is 2. The number of ether oxygens (including phenoxy) is 1. The molecule has 3 N–H and O–H groups in total. The summed E-state index contributed by atoms with van der Waals surface area (Å²) in [5.41, 5.74) is 3.14. The van der Waals surface area contributed by atoms with Gasteiger partial charge in [-0.25, -0.2) is 4.98 Å². The number of hydrogen-bond acceptors (Lipinski definition) is 11. The molecule has 10 nitrogen and oxygen atoms in total. The maximum absolute atomic E-state index is 12.7. The van der Waals surface area contributed by atoms with Crippen LogP contribution in [0.15, 0.2) is 65.8 Å². The maximum atomic E-state index is 12.7. The lowest BCUT2D eigenvalue weighted by atomic mass is 10.2. The summed E-state index contributed by atoms with van der Waals surface area (Å²) in [4.78, 5) is 42.2. The van der Waals surface area contributed by atoms with Crippen molar-refractivity contribution in [1.29, 1.82) is 0 Å². The zero-order chi connectivity index (χ0) is 33.2. The Balaban J connectivity index is 1.07. The minimum absolute atomic E-state index is 0.0493. The SMILES string of the molecule is [C-]#[N+]c1ccc2cc(OCCCNC(=C)[C@H]3CSC(c4nc5ccc(NC(=O)[C@@H](C)NC(=O)CCSSCC)cc5s4)=N3)ccc2n1. The summed E-state index contributed by atoms with van der Waals surface area (Å²) < 4.78 is 6.86. The van der Waals surface area contributed by atoms with Gasteiger partial charge in [0.1, 0.15) is 21.8 Å². The topological polar surface area (TPSA) is 122 Å². The lowest BCUT2D eigenvalue weighted by molar-refractivity contribution is -0.125. The third-order valence-electron chi connectivity index (χ3n) is 6.98. The van der Waals surface area contributed by atoms with Crippen molar-refractivity contribution in [3.05, 3.63) is 77.2 Å². The standard InChI is InChI=1S/C33H35N7O3S4/c1-5-45-46-16-13-30(41)36-21(3)31(42)37-23-8-10-26-28(18-23)47-33(39-26)32-40-27(19-44-32)20(2)35-14-6-15-43-24-9-11-25-22(17-24)7-12-29(34-4)38-25/h7-12,17-18,21,27,35H,2,5-6,13-16,19H2,1,3H3,(H,36,41)(H,37,42)/t21-,27-/m1/s1. The number of aliphatic imine (C=N–C) groups is 1. The van der Waals surface area contributed by atoms with E-state index in [0.717, 1.165) is 60.5 Å². The van der Waals surface area contributed by atoms with Gasteiger partial charge in [0.15, 0.2) is 5.52 Å². The Bertz CT molecular complexity index is 1840. The van der Waals surface area contributed by atoms with Crippen LogP contribution in [0.25, 0.3) is 26.0 Å². The van der Waals surface area contributed by atoms with E-state index in [0.29, 0.717) is 36.8 Å². The van der Waals surface area contributed by atoms with E-state index in [1.807, 2.05) is 42.5 Å². The van der Waals surface area contributed by atoms with E-state index in [9.17, 15) is 9.59 Å². The third kappa shape index (κ3) is 9.63. The smallest absolute Gasteiger partial charge is 0.270 e. The molecule has 0 saturated heterocycles. The number of carbonyl (C=O) groups excluding carboxylic acids is 2. The van der Waals surface area contributed by atoms with Crippen LogP contribution in [-0.2, 0) is 9.59 Å². The number of nitrogens with one attached hydrogen (secondary N) is 3. The van der Waals surface area contributed by atoms with Gasteiger partial charge in [0.05, 0.1) is 22.9 Å². The highest BCUT2D eigenvalue weighted by atomic mass is 33.1. The Morgan fingerprint density at radius 1 is 1.15 bits per heavy atom. The molecular formula is C33H35N7O3S4. The van der Waals surface area contributed by atoms with Gasteiger partial charge in [-0.2, -0.15) is 0 Å². The second kappa shape index (κ2) is 16.9. The second-order valence-corrected chi connectivity index (χ2v) is 15.4. The first-order valence-electron chi connectivity index (χ1n) is 15.1. The number of carbonyl (C=O) groups is 2. The number of aromatic nitrogens is 2. The summed E-state index contributed by atoms with van der Waals surface area (Å²) in [5, 5.41) is 11.7. The van der Waals surface area contributed by atoms with Crippen molar-refractivity contribution in [3.63, 3.8) is 0 Å². The monoisotopic (exact) mass is 705 g/mol. The van der Waals surface area contributed by atoms with Crippen LogP contribution in [0, 0.1) is 6.57 Å².